The van der Waals surface area contributed by atoms with Crippen LogP contribution in [0.1, 0.15) is 47.1 Å². The van der Waals surface area contributed by atoms with Gasteiger partial charge in [0.2, 0.25) is 0 Å². The molecule has 0 aliphatic heterocycles. The summed E-state index contributed by atoms with van der Waals surface area (Å²) in [7, 11) is -1.90. The molecular weight excluding hydrogens is 312 g/mol. The predicted molar refractivity (Wildman–Crippen MR) is 109 cm³/mol. The van der Waals surface area contributed by atoms with Gasteiger partial charge in [-0.15, -0.1) is 12.6 Å². The molecule has 2 aromatic rings. The van der Waals surface area contributed by atoms with Gasteiger partial charge in [0.25, 0.3) is 0 Å². The van der Waals surface area contributed by atoms with Crippen LogP contribution in [-0.4, -0.2) is 8.07 Å². The molecule has 0 bridgehead atoms. The number of hydrogen-bond donors (Lipinski definition) is 1. The highest BCUT2D eigenvalue weighted by Gasteiger charge is 2.53. The van der Waals surface area contributed by atoms with Gasteiger partial charge in [-0.1, -0.05) is 95.3 Å². The maximum Gasteiger partial charge on any atom is 0.102 e. The Hall–Kier alpha value is -0.993. The summed E-state index contributed by atoms with van der Waals surface area (Å²) in [4.78, 5) is 1.12. The molecule has 0 heterocycles. The Morgan fingerprint density at radius 3 is 1.70 bits per heavy atom. The van der Waals surface area contributed by atoms with E-state index in [0.717, 1.165) is 10.9 Å². The van der Waals surface area contributed by atoms with E-state index in [1.54, 1.807) is 5.19 Å². The zero-order valence-corrected chi connectivity index (χ0v) is 17.2. The fourth-order valence-corrected chi connectivity index (χ4v) is 11.6. The van der Waals surface area contributed by atoms with E-state index in [1.165, 1.54) is 5.56 Å². The standard InChI is InChI=1S/C21H30SSi/c1-20(2,3)23(21(4,5)6,18-13-8-7-9-14-18)16-17-12-10-11-15-19(17)22/h7-15,22H,16H2,1-6H3. The smallest absolute Gasteiger partial charge is 0.102 e. The quantitative estimate of drug-likeness (QED) is 0.512. The topological polar surface area (TPSA) is 0 Å². The highest BCUT2D eigenvalue weighted by atomic mass is 32.1. The lowest BCUT2D eigenvalue weighted by Crippen LogP contribution is -2.63. The largest absolute Gasteiger partial charge is 0.143 e. The molecule has 2 rings (SSSR count). The number of thiol groups is 1. The van der Waals surface area contributed by atoms with Gasteiger partial charge in [-0.05, 0) is 27.8 Å². The van der Waals surface area contributed by atoms with E-state index in [1.807, 2.05) is 0 Å². The van der Waals surface area contributed by atoms with Crippen LogP contribution in [0.4, 0.5) is 0 Å². The van der Waals surface area contributed by atoms with E-state index >= 15 is 0 Å². The molecule has 2 heteroatoms. The van der Waals surface area contributed by atoms with Crippen molar-refractivity contribution in [2.45, 2.75) is 62.6 Å². The molecular formula is C21H30SSi. The van der Waals surface area contributed by atoms with E-state index in [4.69, 9.17) is 12.6 Å². The van der Waals surface area contributed by atoms with Crippen molar-refractivity contribution >= 4 is 25.9 Å². The van der Waals surface area contributed by atoms with E-state index in [9.17, 15) is 0 Å². The van der Waals surface area contributed by atoms with Crippen LogP contribution in [0, 0.1) is 0 Å². The maximum absolute atomic E-state index is 4.74. The molecule has 0 aliphatic carbocycles. The first-order chi connectivity index (χ1) is 10.6. The highest BCUT2D eigenvalue weighted by molar-refractivity contribution is 7.80. The number of rotatable bonds is 3. The third-order valence-corrected chi connectivity index (χ3v) is 13.1. The molecule has 0 saturated carbocycles. The van der Waals surface area contributed by atoms with E-state index in [0.29, 0.717) is 0 Å². The third-order valence-electron chi connectivity index (χ3n) is 5.27. The summed E-state index contributed by atoms with van der Waals surface area (Å²) < 4.78 is 0. The second-order valence-corrected chi connectivity index (χ2v) is 14.8. The van der Waals surface area contributed by atoms with Gasteiger partial charge >= 0.3 is 0 Å². The molecule has 23 heavy (non-hydrogen) atoms. The summed E-state index contributed by atoms with van der Waals surface area (Å²) in [5.74, 6) is 0. The Morgan fingerprint density at radius 2 is 1.22 bits per heavy atom. The summed E-state index contributed by atoms with van der Waals surface area (Å²) in [6.07, 6.45) is 0. The molecule has 0 spiro atoms. The minimum Gasteiger partial charge on any atom is -0.143 e. The summed E-state index contributed by atoms with van der Waals surface area (Å²) in [5.41, 5.74) is 1.39. The normalized spacial score (nSPS) is 13.2. The first-order valence-corrected chi connectivity index (χ1v) is 11.1. The Labute approximate surface area is 148 Å². The summed E-state index contributed by atoms with van der Waals surface area (Å²) in [6, 6.07) is 20.9. The lowest BCUT2D eigenvalue weighted by molar-refractivity contribution is 0.616. The fourth-order valence-electron chi connectivity index (χ4n) is 4.29. The van der Waals surface area contributed by atoms with Gasteiger partial charge in [-0.3, -0.25) is 0 Å². The van der Waals surface area contributed by atoms with Gasteiger partial charge in [0.05, 0.1) is 0 Å². The Morgan fingerprint density at radius 1 is 0.739 bits per heavy atom. The summed E-state index contributed by atoms with van der Waals surface area (Å²) in [5, 5.41) is 2.06. The molecule has 0 aliphatic rings. The van der Waals surface area contributed by atoms with Gasteiger partial charge in [0.1, 0.15) is 8.07 Å². The summed E-state index contributed by atoms with van der Waals surface area (Å²) in [6.45, 7) is 14.6. The second kappa shape index (κ2) is 6.49. The molecule has 0 aromatic heterocycles. The SMILES string of the molecule is CC(C)(C)[Si](Cc1ccccc1S)(c1ccccc1)C(C)(C)C. The fraction of sp³-hybridized carbons (Fsp3) is 0.429. The summed E-state index contributed by atoms with van der Waals surface area (Å²) >= 11 is 4.74. The molecule has 0 fully saturated rings. The maximum atomic E-state index is 4.74. The zero-order chi connectivity index (χ0) is 17.3. The Kier molecular flexibility index (Phi) is 5.17. The van der Waals surface area contributed by atoms with Crippen molar-refractivity contribution in [1.29, 1.82) is 0 Å². The van der Waals surface area contributed by atoms with Gasteiger partial charge in [-0.25, -0.2) is 0 Å². The van der Waals surface area contributed by atoms with Crippen molar-refractivity contribution in [1.82, 2.24) is 0 Å². The number of benzene rings is 2. The molecule has 124 valence electrons. The Bertz CT molecular complexity index is 634. The number of hydrogen-bond acceptors (Lipinski definition) is 1. The lowest BCUT2D eigenvalue weighted by Gasteiger charge is -2.53. The molecule has 2 aromatic carbocycles. The van der Waals surface area contributed by atoms with Gasteiger partial charge in [0.15, 0.2) is 0 Å². The van der Waals surface area contributed by atoms with Crippen LogP contribution in [0.15, 0.2) is 59.5 Å². The minimum atomic E-state index is -1.90. The zero-order valence-electron chi connectivity index (χ0n) is 15.4. The second-order valence-electron chi connectivity index (χ2n) is 8.58. The van der Waals surface area contributed by atoms with Crippen molar-refractivity contribution in [3.8, 4) is 0 Å². The van der Waals surface area contributed by atoms with E-state index in [2.05, 4.69) is 96.1 Å². The van der Waals surface area contributed by atoms with Crippen LogP contribution in [0.3, 0.4) is 0 Å². The van der Waals surface area contributed by atoms with E-state index < -0.39 is 8.07 Å². The van der Waals surface area contributed by atoms with Gasteiger partial charge in [-0.2, -0.15) is 0 Å². The first-order valence-electron chi connectivity index (χ1n) is 8.42. The van der Waals surface area contributed by atoms with Crippen LogP contribution in [0.2, 0.25) is 10.1 Å². The van der Waals surface area contributed by atoms with Crippen molar-refractivity contribution < 1.29 is 0 Å². The molecule has 0 N–H and O–H groups in total. The molecule has 0 radical (unpaired) electrons. The highest BCUT2D eigenvalue weighted by Crippen LogP contribution is 2.52. The molecule has 0 saturated heterocycles. The van der Waals surface area contributed by atoms with E-state index in [-0.39, 0.29) is 10.1 Å². The van der Waals surface area contributed by atoms with Crippen molar-refractivity contribution in [2.75, 3.05) is 0 Å². The average molecular weight is 343 g/mol. The third kappa shape index (κ3) is 3.43. The van der Waals surface area contributed by atoms with Crippen LogP contribution in [0.5, 0.6) is 0 Å². The minimum absolute atomic E-state index is 0.253. The first kappa shape index (κ1) is 18.3. The van der Waals surface area contributed by atoms with Gasteiger partial charge in [0, 0.05) is 4.90 Å². The predicted octanol–water partition coefficient (Wildman–Crippen LogP) is 6.01. The van der Waals surface area contributed by atoms with Crippen LogP contribution in [0.25, 0.3) is 0 Å². The molecule has 0 amide bonds. The van der Waals surface area contributed by atoms with Crippen molar-refractivity contribution in [2.24, 2.45) is 0 Å². The van der Waals surface area contributed by atoms with Crippen LogP contribution < -0.4 is 5.19 Å². The molecule has 0 atom stereocenters. The lowest BCUT2D eigenvalue weighted by atomic mass is 10.2. The average Bonchev–Trinajstić information content (AvgIpc) is 2.44. The van der Waals surface area contributed by atoms with Gasteiger partial charge < -0.3 is 0 Å². The van der Waals surface area contributed by atoms with Crippen LogP contribution >= 0.6 is 12.6 Å². The Balaban J connectivity index is 2.71. The molecule has 0 unspecified atom stereocenters. The van der Waals surface area contributed by atoms with Crippen LogP contribution in [-0.2, 0) is 6.04 Å². The van der Waals surface area contributed by atoms with Crippen molar-refractivity contribution in [3.05, 3.63) is 60.2 Å². The monoisotopic (exact) mass is 342 g/mol. The van der Waals surface area contributed by atoms with Crippen molar-refractivity contribution in [3.63, 3.8) is 0 Å². The molecule has 0 nitrogen and oxygen atoms in total.